The van der Waals surface area contributed by atoms with Crippen LogP contribution >= 0.6 is 0 Å². The number of fused-ring (bicyclic) bond motifs is 1. The van der Waals surface area contributed by atoms with Gasteiger partial charge in [0, 0.05) is 11.9 Å². The highest BCUT2D eigenvalue weighted by molar-refractivity contribution is 5.94. The van der Waals surface area contributed by atoms with Crippen LogP contribution in [0.1, 0.15) is 0 Å². The molecule has 7 heteroatoms. The molecular weight excluding hydrogens is 384 g/mol. The number of benzene rings is 3. The van der Waals surface area contributed by atoms with Gasteiger partial charge in [0.25, 0.3) is 0 Å². The molecule has 0 saturated carbocycles. The van der Waals surface area contributed by atoms with Gasteiger partial charge in [-0.05, 0) is 35.4 Å². The van der Waals surface area contributed by atoms with Crippen molar-refractivity contribution >= 4 is 22.3 Å². The molecular formula is C23H18N2O5. The third-order valence-corrected chi connectivity index (χ3v) is 4.61. The number of nitrogens with one attached hydrogen (secondary N) is 1. The lowest BCUT2D eigenvalue weighted by atomic mass is 10.1. The molecule has 3 aromatic carbocycles. The Bertz CT molecular complexity index is 1230. The fourth-order valence-corrected chi connectivity index (χ4v) is 3.20. The van der Waals surface area contributed by atoms with Gasteiger partial charge < -0.3 is 14.5 Å². The van der Waals surface area contributed by atoms with Gasteiger partial charge in [-0.25, -0.2) is 4.79 Å². The molecule has 1 N–H and O–H groups in total. The van der Waals surface area contributed by atoms with E-state index in [1.807, 2.05) is 54.6 Å². The lowest BCUT2D eigenvalue weighted by Crippen LogP contribution is -2.16. The molecule has 150 valence electrons. The predicted octanol–water partition coefficient (Wildman–Crippen LogP) is 4.86. The lowest BCUT2D eigenvalue weighted by molar-refractivity contribution is -0.386. The minimum atomic E-state index is -0.987. The standard InChI is InChI=1S/C23H18N2O5/c26-23-22(25(27)28)21(19-8-4-5-9-20(19)30-23)24-14-15-29-18-12-10-17(11-13-18)16-6-2-1-3-7-16/h1-13,24H,14-15H2. The van der Waals surface area contributed by atoms with E-state index in [1.54, 1.807) is 24.3 Å². The van der Waals surface area contributed by atoms with Crippen molar-refractivity contribution in [1.82, 2.24) is 0 Å². The molecule has 0 atom stereocenters. The molecule has 7 nitrogen and oxygen atoms in total. The zero-order valence-corrected chi connectivity index (χ0v) is 15.9. The number of ether oxygens (including phenoxy) is 1. The first-order valence-electron chi connectivity index (χ1n) is 9.36. The van der Waals surface area contributed by atoms with Crippen molar-refractivity contribution in [3.8, 4) is 16.9 Å². The third kappa shape index (κ3) is 4.00. The predicted molar refractivity (Wildman–Crippen MR) is 115 cm³/mol. The van der Waals surface area contributed by atoms with Crippen LogP contribution in [0, 0.1) is 10.1 Å². The minimum Gasteiger partial charge on any atom is -0.492 e. The molecule has 4 rings (SSSR count). The van der Waals surface area contributed by atoms with Crippen LogP contribution in [0.5, 0.6) is 5.75 Å². The maximum Gasteiger partial charge on any atom is 0.417 e. The Kier molecular flexibility index (Phi) is 5.43. The molecule has 1 aromatic heterocycles. The van der Waals surface area contributed by atoms with Crippen LogP contribution < -0.4 is 15.7 Å². The highest BCUT2D eigenvalue weighted by Crippen LogP contribution is 2.29. The average molecular weight is 402 g/mol. The van der Waals surface area contributed by atoms with E-state index in [4.69, 9.17) is 9.15 Å². The first-order valence-corrected chi connectivity index (χ1v) is 9.36. The second-order valence-electron chi connectivity index (χ2n) is 6.53. The van der Waals surface area contributed by atoms with Gasteiger partial charge in [-0.15, -0.1) is 0 Å². The number of para-hydroxylation sites is 1. The zero-order valence-electron chi connectivity index (χ0n) is 15.9. The van der Waals surface area contributed by atoms with Crippen LogP contribution in [-0.4, -0.2) is 18.1 Å². The highest BCUT2D eigenvalue weighted by Gasteiger charge is 2.24. The van der Waals surface area contributed by atoms with Gasteiger partial charge in [-0.3, -0.25) is 10.1 Å². The Hall–Kier alpha value is -4.13. The van der Waals surface area contributed by atoms with Crippen molar-refractivity contribution in [2.45, 2.75) is 0 Å². The van der Waals surface area contributed by atoms with Gasteiger partial charge in [0.2, 0.25) is 0 Å². The monoisotopic (exact) mass is 402 g/mol. The molecule has 0 unspecified atom stereocenters. The van der Waals surface area contributed by atoms with E-state index in [1.165, 1.54) is 0 Å². The van der Waals surface area contributed by atoms with E-state index in [0.29, 0.717) is 11.1 Å². The van der Waals surface area contributed by atoms with Crippen LogP contribution in [0.25, 0.3) is 22.1 Å². The maximum atomic E-state index is 12.0. The first-order chi connectivity index (χ1) is 14.6. The summed E-state index contributed by atoms with van der Waals surface area (Å²) in [6.07, 6.45) is 0. The van der Waals surface area contributed by atoms with Crippen LogP contribution in [0.15, 0.2) is 88.1 Å². The number of nitrogens with zero attached hydrogens (tertiary/aromatic N) is 1. The summed E-state index contributed by atoms with van der Waals surface area (Å²) in [5, 5.41) is 14.8. The fraction of sp³-hybridized carbons (Fsp3) is 0.0870. The minimum absolute atomic E-state index is 0.134. The molecule has 0 spiro atoms. The largest absolute Gasteiger partial charge is 0.492 e. The summed E-state index contributed by atoms with van der Waals surface area (Å²) >= 11 is 0. The van der Waals surface area contributed by atoms with E-state index >= 15 is 0 Å². The van der Waals surface area contributed by atoms with E-state index in [0.717, 1.165) is 11.1 Å². The molecule has 0 aliphatic heterocycles. The molecule has 0 amide bonds. The van der Waals surface area contributed by atoms with Crippen LogP contribution in [-0.2, 0) is 0 Å². The van der Waals surface area contributed by atoms with E-state index in [9.17, 15) is 14.9 Å². The van der Waals surface area contributed by atoms with E-state index in [2.05, 4.69) is 5.32 Å². The third-order valence-electron chi connectivity index (χ3n) is 4.61. The zero-order chi connectivity index (χ0) is 20.9. The fourth-order valence-electron chi connectivity index (χ4n) is 3.20. The van der Waals surface area contributed by atoms with Gasteiger partial charge in [-0.2, -0.15) is 0 Å². The van der Waals surface area contributed by atoms with Gasteiger partial charge in [0.15, 0.2) is 0 Å². The van der Waals surface area contributed by atoms with Crippen molar-refractivity contribution in [3.63, 3.8) is 0 Å². The molecule has 1 heterocycles. The van der Waals surface area contributed by atoms with Crippen molar-refractivity contribution in [3.05, 3.63) is 99.4 Å². The summed E-state index contributed by atoms with van der Waals surface area (Å²) in [7, 11) is 0. The molecule has 0 bridgehead atoms. The second-order valence-corrected chi connectivity index (χ2v) is 6.53. The normalized spacial score (nSPS) is 10.7. The van der Waals surface area contributed by atoms with Gasteiger partial charge in [0.05, 0.1) is 4.92 Å². The summed E-state index contributed by atoms with van der Waals surface area (Å²) in [4.78, 5) is 22.7. The topological polar surface area (TPSA) is 94.6 Å². The Balaban J connectivity index is 1.45. The summed E-state index contributed by atoms with van der Waals surface area (Å²) in [5.41, 5.74) is 1.02. The Labute approximate surface area is 171 Å². The summed E-state index contributed by atoms with van der Waals surface area (Å²) in [5.74, 6) is 0.684. The lowest BCUT2D eigenvalue weighted by Gasteiger charge is -2.11. The van der Waals surface area contributed by atoms with Gasteiger partial charge in [0.1, 0.15) is 23.6 Å². The van der Waals surface area contributed by atoms with Crippen LogP contribution in [0.3, 0.4) is 0 Å². The molecule has 4 aromatic rings. The number of hydrogen-bond donors (Lipinski definition) is 1. The Morgan fingerprint density at radius 2 is 1.57 bits per heavy atom. The maximum absolute atomic E-state index is 12.0. The van der Waals surface area contributed by atoms with Crippen molar-refractivity contribution < 1.29 is 14.1 Å². The summed E-state index contributed by atoms with van der Waals surface area (Å²) < 4.78 is 10.8. The van der Waals surface area contributed by atoms with Crippen molar-refractivity contribution in [1.29, 1.82) is 0 Å². The second kappa shape index (κ2) is 8.48. The van der Waals surface area contributed by atoms with E-state index < -0.39 is 16.2 Å². The van der Waals surface area contributed by atoms with E-state index in [-0.39, 0.29) is 24.4 Å². The molecule has 0 aliphatic rings. The SMILES string of the molecule is O=c1oc2ccccc2c(NCCOc2ccc(-c3ccccc3)cc2)c1[N+](=O)[O-]. The first kappa shape index (κ1) is 19.2. The van der Waals surface area contributed by atoms with Gasteiger partial charge in [-0.1, -0.05) is 54.6 Å². The number of hydrogen-bond acceptors (Lipinski definition) is 6. The molecule has 0 radical (unpaired) electrons. The van der Waals surface area contributed by atoms with Crippen molar-refractivity contribution in [2.75, 3.05) is 18.5 Å². The quantitative estimate of drug-likeness (QED) is 0.205. The number of anilines is 1. The molecule has 0 fully saturated rings. The Morgan fingerprint density at radius 1 is 0.900 bits per heavy atom. The smallest absolute Gasteiger partial charge is 0.417 e. The van der Waals surface area contributed by atoms with Crippen molar-refractivity contribution in [2.24, 2.45) is 0 Å². The number of nitro groups is 1. The van der Waals surface area contributed by atoms with Gasteiger partial charge >= 0.3 is 11.3 Å². The number of rotatable bonds is 7. The molecule has 0 aliphatic carbocycles. The summed E-state index contributed by atoms with van der Waals surface area (Å²) in [6, 6.07) is 24.4. The summed E-state index contributed by atoms with van der Waals surface area (Å²) in [6.45, 7) is 0.533. The highest BCUT2D eigenvalue weighted by atomic mass is 16.6. The van der Waals surface area contributed by atoms with Crippen LogP contribution in [0.4, 0.5) is 11.4 Å². The molecule has 30 heavy (non-hydrogen) atoms. The average Bonchev–Trinajstić information content (AvgIpc) is 2.77. The Morgan fingerprint density at radius 3 is 2.30 bits per heavy atom. The molecule has 0 saturated heterocycles. The van der Waals surface area contributed by atoms with Crippen LogP contribution in [0.2, 0.25) is 0 Å².